The lowest BCUT2D eigenvalue weighted by Gasteiger charge is -2.12. The van der Waals surface area contributed by atoms with Crippen LogP contribution in [0.1, 0.15) is 12.8 Å². The van der Waals surface area contributed by atoms with Crippen LogP contribution in [0.25, 0.3) is 0 Å². The molecule has 0 amide bonds. The first-order valence-electron chi connectivity index (χ1n) is 3.23. The molecule has 10 heavy (non-hydrogen) atoms. The summed E-state index contributed by atoms with van der Waals surface area (Å²) in [6.45, 7) is 2.09. The Hall–Kier alpha value is -0.280. The molecule has 1 aliphatic rings. The fourth-order valence-electron chi connectivity index (χ4n) is 0.936. The van der Waals surface area contributed by atoms with Crippen LogP contribution in [0.15, 0.2) is 5.16 Å². The Kier molecular flexibility index (Phi) is 5.35. The molecule has 1 saturated heterocycles. The number of hydrogen-bond acceptors (Lipinski definition) is 3. The van der Waals surface area contributed by atoms with Crippen molar-refractivity contribution in [3.8, 4) is 0 Å². The summed E-state index contributed by atoms with van der Waals surface area (Å²) in [5.74, 6) is 0. The standard InChI is InChI=1S/C6H12N2O.ClH/c1-9-8-6-2-4-7-5-3-6;/h7H,2-5H2,1H3;1H. The molecule has 0 bridgehead atoms. The van der Waals surface area contributed by atoms with Crippen molar-refractivity contribution in [2.24, 2.45) is 5.16 Å². The first-order valence-corrected chi connectivity index (χ1v) is 3.23. The van der Waals surface area contributed by atoms with Gasteiger partial charge < -0.3 is 10.2 Å². The summed E-state index contributed by atoms with van der Waals surface area (Å²) < 4.78 is 0. The number of piperidine rings is 1. The van der Waals surface area contributed by atoms with Crippen molar-refractivity contribution in [1.82, 2.24) is 5.32 Å². The third-order valence-electron chi connectivity index (χ3n) is 1.40. The van der Waals surface area contributed by atoms with E-state index in [4.69, 9.17) is 0 Å². The van der Waals surface area contributed by atoms with Gasteiger partial charge in [-0.1, -0.05) is 5.16 Å². The van der Waals surface area contributed by atoms with Crippen LogP contribution in [0.3, 0.4) is 0 Å². The van der Waals surface area contributed by atoms with Gasteiger partial charge in [0.25, 0.3) is 0 Å². The van der Waals surface area contributed by atoms with E-state index in [0.717, 1.165) is 25.9 Å². The molecule has 1 N–H and O–H groups in total. The van der Waals surface area contributed by atoms with Gasteiger partial charge in [-0.2, -0.15) is 0 Å². The molecule has 0 aromatic heterocycles. The van der Waals surface area contributed by atoms with Crippen LogP contribution >= 0.6 is 12.4 Å². The van der Waals surface area contributed by atoms with Crippen molar-refractivity contribution >= 4 is 18.1 Å². The summed E-state index contributed by atoms with van der Waals surface area (Å²) in [6.07, 6.45) is 2.07. The van der Waals surface area contributed by atoms with Crippen LogP contribution < -0.4 is 5.32 Å². The van der Waals surface area contributed by atoms with Crippen LogP contribution in [0.2, 0.25) is 0 Å². The van der Waals surface area contributed by atoms with Gasteiger partial charge in [0.05, 0.1) is 5.71 Å². The Bertz CT molecular complexity index is 108. The molecule has 3 nitrogen and oxygen atoms in total. The van der Waals surface area contributed by atoms with Gasteiger partial charge in [-0.05, 0) is 0 Å². The van der Waals surface area contributed by atoms with Crippen molar-refractivity contribution in [3.63, 3.8) is 0 Å². The molecule has 60 valence electrons. The number of nitrogens with one attached hydrogen (secondary N) is 1. The molecule has 1 fully saturated rings. The predicted octanol–water partition coefficient (Wildman–Crippen LogP) is 0.794. The number of oxime groups is 1. The number of hydrogen-bond donors (Lipinski definition) is 1. The van der Waals surface area contributed by atoms with Gasteiger partial charge in [0.15, 0.2) is 0 Å². The van der Waals surface area contributed by atoms with E-state index in [1.807, 2.05) is 0 Å². The van der Waals surface area contributed by atoms with Crippen LogP contribution in [0.5, 0.6) is 0 Å². The highest BCUT2D eigenvalue weighted by Crippen LogP contribution is 1.97. The van der Waals surface area contributed by atoms with E-state index in [2.05, 4.69) is 15.3 Å². The average Bonchev–Trinajstić information content (AvgIpc) is 1.91. The van der Waals surface area contributed by atoms with E-state index >= 15 is 0 Å². The van der Waals surface area contributed by atoms with Crippen molar-refractivity contribution in [2.45, 2.75) is 12.8 Å². The summed E-state index contributed by atoms with van der Waals surface area (Å²) in [6, 6.07) is 0. The first-order chi connectivity index (χ1) is 4.43. The largest absolute Gasteiger partial charge is 0.399 e. The zero-order valence-corrected chi connectivity index (χ0v) is 6.91. The summed E-state index contributed by atoms with van der Waals surface area (Å²) in [4.78, 5) is 4.64. The van der Waals surface area contributed by atoms with E-state index in [-0.39, 0.29) is 12.4 Å². The van der Waals surface area contributed by atoms with Gasteiger partial charge in [0.1, 0.15) is 7.11 Å². The van der Waals surface area contributed by atoms with E-state index in [1.165, 1.54) is 5.71 Å². The quantitative estimate of drug-likeness (QED) is 0.582. The number of nitrogens with zero attached hydrogens (tertiary/aromatic N) is 1. The highest BCUT2D eigenvalue weighted by molar-refractivity contribution is 5.85. The van der Waals surface area contributed by atoms with Gasteiger partial charge in [-0.3, -0.25) is 0 Å². The highest BCUT2D eigenvalue weighted by atomic mass is 35.5. The second-order valence-corrected chi connectivity index (χ2v) is 2.09. The summed E-state index contributed by atoms with van der Waals surface area (Å²) in [5.41, 5.74) is 1.18. The second-order valence-electron chi connectivity index (χ2n) is 2.09. The molecule has 0 radical (unpaired) electrons. The fourth-order valence-corrected chi connectivity index (χ4v) is 0.936. The lowest BCUT2D eigenvalue weighted by Crippen LogP contribution is -2.27. The maximum atomic E-state index is 4.64. The van der Waals surface area contributed by atoms with E-state index in [1.54, 1.807) is 7.11 Å². The van der Waals surface area contributed by atoms with Crippen LogP contribution in [0, 0.1) is 0 Å². The topological polar surface area (TPSA) is 33.6 Å². The Morgan fingerprint density at radius 1 is 1.40 bits per heavy atom. The van der Waals surface area contributed by atoms with E-state index < -0.39 is 0 Å². The molecule has 1 aliphatic heterocycles. The normalized spacial score (nSPS) is 17.5. The minimum absolute atomic E-state index is 0. The third-order valence-corrected chi connectivity index (χ3v) is 1.40. The fraction of sp³-hybridized carbons (Fsp3) is 0.833. The molecule has 0 aliphatic carbocycles. The minimum Gasteiger partial charge on any atom is -0.399 e. The molecule has 0 spiro atoms. The SMILES string of the molecule is CON=C1CCNCC1.Cl. The molecule has 0 aromatic rings. The molecule has 0 saturated carbocycles. The Labute approximate surface area is 67.2 Å². The lowest BCUT2D eigenvalue weighted by atomic mass is 10.1. The smallest absolute Gasteiger partial charge is 0.106 e. The Morgan fingerprint density at radius 2 is 2.00 bits per heavy atom. The maximum absolute atomic E-state index is 4.64. The van der Waals surface area contributed by atoms with Gasteiger partial charge in [0, 0.05) is 25.9 Å². The third kappa shape index (κ3) is 3.03. The second kappa shape index (κ2) is 5.50. The van der Waals surface area contributed by atoms with Crippen LogP contribution in [-0.4, -0.2) is 25.9 Å². The maximum Gasteiger partial charge on any atom is 0.106 e. The first kappa shape index (κ1) is 9.72. The molecule has 0 aromatic carbocycles. The van der Waals surface area contributed by atoms with E-state index in [9.17, 15) is 0 Å². The minimum atomic E-state index is 0. The van der Waals surface area contributed by atoms with Crippen molar-refractivity contribution in [2.75, 3.05) is 20.2 Å². The highest BCUT2D eigenvalue weighted by Gasteiger charge is 2.04. The van der Waals surface area contributed by atoms with Gasteiger partial charge >= 0.3 is 0 Å². The zero-order valence-electron chi connectivity index (χ0n) is 6.09. The van der Waals surface area contributed by atoms with Crippen LogP contribution in [0.4, 0.5) is 0 Å². The molecular formula is C6H13ClN2O. The Balaban J connectivity index is 0.000000810. The molecule has 0 unspecified atom stereocenters. The summed E-state index contributed by atoms with van der Waals surface area (Å²) in [5, 5.41) is 7.10. The van der Waals surface area contributed by atoms with Crippen molar-refractivity contribution in [3.05, 3.63) is 0 Å². The van der Waals surface area contributed by atoms with E-state index in [0.29, 0.717) is 0 Å². The summed E-state index contributed by atoms with van der Waals surface area (Å²) in [7, 11) is 1.59. The monoisotopic (exact) mass is 164 g/mol. The lowest BCUT2D eigenvalue weighted by molar-refractivity contribution is 0.211. The number of halogens is 1. The molecule has 1 rings (SSSR count). The van der Waals surface area contributed by atoms with Gasteiger partial charge in [-0.15, -0.1) is 12.4 Å². The zero-order chi connectivity index (χ0) is 6.53. The average molecular weight is 165 g/mol. The van der Waals surface area contributed by atoms with Gasteiger partial charge in [0.2, 0.25) is 0 Å². The van der Waals surface area contributed by atoms with Gasteiger partial charge in [-0.25, -0.2) is 0 Å². The predicted molar refractivity (Wildman–Crippen MR) is 43.8 cm³/mol. The molecular weight excluding hydrogens is 152 g/mol. The van der Waals surface area contributed by atoms with Crippen molar-refractivity contribution < 1.29 is 4.84 Å². The molecule has 4 heteroatoms. The summed E-state index contributed by atoms with van der Waals surface area (Å²) >= 11 is 0. The molecule has 0 atom stereocenters. The Morgan fingerprint density at radius 3 is 2.50 bits per heavy atom. The molecule has 1 heterocycles. The van der Waals surface area contributed by atoms with Crippen molar-refractivity contribution in [1.29, 1.82) is 0 Å². The van der Waals surface area contributed by atoms with Crippen LogP contribution in [-0.2, 0) is 4.84 Å². The number of rotatable bonds is 1.